The van der Waals surface area contributed by atoms with Gasteiger partial charge in [0.25, 0.3) is 0 Å². The molecule has 0 radical (unpaired) electrons. The largest absolute Gasteiger partial charge is 0.495 e. The maximum atomic E-state index is 13.4. The summed E-state index contributed by atoms with van der Waals surface area (Å²) in [7, 11) is -2.58. The van der Waals surface area contributed by atoms with Gasteiger partial charge in [0, 0.05) is 38.0 Å². The Hall–Kier alpha value is -2.43. The number of carbonyl (C=O) groups is 1. The molecule has 2 aliphatic heterocycles. The van der Waals surface area contributed by atoms with Crippen LogP contribution in [0.5, 0.6) is 5.75 Å². The van der Waals surface area contributed by atoms with Crippen LogP contribution >= 0.6 is 0 Å². The normalized spacial score (nSPS) is 25.4. The maximum absolute atomic E-state index is 13.4. The standard InChI is InChI=1S/C18H21N3O6S/c1-26-15-4-3-14(21-7-2-6-19-21)9-16(15)28(24,25)20-10-13-11-27-8-5-18(13,12-20)17(22)23/h2-4,6-7,9,13H,5,8,10-12H2,1H3,(H,22,23)/t13-,18+/m1/s1. The molecule has 0 saturated carbocycles. The van der Waals surface area contributed by atoms with Crippen molar-refractivity contribution in [2.75, 3.05) is 33.4 Å². The Bertz CT molecular complexity index is 991. The minimum absolute atomic E-state index is 0.0110. The number of aliphatic carboxylic acids is 1. The van der Waals surface area contributed by atoms with E-state index in [9.17, 15) is 18.3 Å². The van der Waals surface area contributed by atoms with Crippen LogP contribution in [0.1, 0.15) is 6.42 Å². The lowest BCUT2D eigenvalue weighted by Gasteiger charge is -2.34. The highest BCUT2D eigenvalue weighted by atomic mass is 32.2. The lowest BCUT2D eigenvalue weighted by molar-refractivity contribution is -0.157. The summed E-state index contributed by atoms with van der Waals surface area (Å²) >= 11 is 0. The molecule has 10 heteroatoms. The molecule has 150 valence electrons. The minimum atomic E-state index is -3.98. The molecule has 0 amide bonds. The number of ether oxygens (including phenoxy) is 2. The Kier molecular flexibility index (Phi) is 4.64. The van der Waals surface area contributed by atoms with E-state index in [0.717, 1.165) is 0 Å². The first-order valence-corrected chi connectivity index (χ1v) is 10.3. The molecule has 3 heterocycles. The van der Waals surface area contributed by atoms with Crippen molar-refractivity contribution >= 4 is 16.0 Å². The van der Waals surface area contributed by atoms with E-state index in [4.69, 9.17) is 9.47 Å². The number of hydrogen-bond acceptors (Lipinski definition) is 6. The molecule has 9 nitrogen and oxygen atoms in total. The number of aromatic nitrogens is 2. The number of carboxylic acid groups (broad SMARTS) is 1. The Morgan fingerprint density at radius 2 is 2.25 bits per heavy atom. The second-order valence-electron chi connectivity index (χ2n) is 7.07. The molecule has 0 bridgehead atoms. The predicted molar refractivity (Wildman–Crippen MR) is 97.9 cm³/mol. The molecule has 28 heavy (non-hydrogen) atoms. The van der Waals surface area contributed by atoms with Gasteiger partial charge in [-0.2, -0.15) is 9.40 Å². The quantitative estimate of drug-likeness (QED) is 0.787. The van der Waals surface area contributed by atoms with Crippen LogP contribution in [0.15, 0.2) is 41.6 Å². The van der Waals surface area contributed by atoms with Gasteiger partial charge in [0.15, 0.2) is 0 Å². The fourth-order valence-electron chi connectivity index (χ4n) is 4.01. The zero-order valence-electron chi connectivity index (χ0n) is 15.3. The van der Waals surface area contributed by atoms with Crippen LogP contribution < -0.4 is 4.74 Å². The molecule has 2 aliphatic rings. The Morgan fingerprint density at radius 3 is 2.89 bits per heavy atom. The van der Waals surface area contributed by atoms with Gasteiger partial charge in [-0.25, -0.2) is 13.1 Å². The summed E-state index contributed by atoms with van der Waals surface area (Å²) in [5, 5.41) is 13.9. The van der Waals surface area contributed by atoms with E-state index < -0.39 is 21.4 Å². The zero-order chi connectivity index (χ0) is 19.9. The highest BCUT2D eigenvalue weighted by Gasteiger charge is 2.56. The van der Waals surface area contributed by atoms with Crippen LogP contribution in [0.3, 0.4) is 0 Å². The topological polar surface area (TPSA) is 111 Å². The molecule has 2 fully saturated rings. The molecule has 1 N–H and O–H groups in total. The highest BCUT2D eigenvalue weighted by molar-refractivity contribution is 7.89. The van der Waals surface area contributed by atoms with E-state index in [-0.39, 0.29) is 36.3 Å². The number of fused-ring (bicyclic) bond motifs is 1. The predicted octanol–water partition coefficient (Wildman–Crippen LogP) is 0.993. The van der Waals surface area contributed by atoms with Gasteiger partial charge in [-0.3, -0.25) is 4.79 Å². The molecule has 2 atom stereocenters. The fraction of sp³-hybridized carbons (Fsp3) is 0.444. The van der Waals surface area contributed by atoms with Crippen LogP contribution in [-0.2, 0) is 19.6 Å². The Balaban J connectivity index is 1.74. The van der Waals surface area contributed by atoms with Crippen molar-refractivity contribution in [1.29, 1.82) is 0 Å². The van der Waals surface area contributed by atoms with Crippen LogP contribution in [-0.4, -0.2) is 67.0 Å². The molecule has 0 aliphatic carbocycles. The van der Waals surface area contributed by atoms with Crippen molar-refractivity contribution in [3.8, 4) is 11.4 Å². The maximum Gasteiger partial charge on any atom is 0.311 e. The van der Waals surface area contributed by atoms with Crippen LogP contribution in [0.4, 0.5) is 0 Å². The van der Waals surface area contributed by atoms with E-state index in [1.807, 2.05) is 0 Å². The molecule has 1 aromatic heterocycles. The van der Waals surface area contributed by atoms with Crippen LogP contribution in [0, 0.1) is 11.3 Å². The number of carboxylic acids is 1. The smallest absolute Gasteiger partial charge is 0.311 e. The van der Waals surface area contributed by atoms with Crippen molar-refractivity contribution in [2.45, 2.75) is 11.3 Å². The summed E-state index contributed by atoms with van der Waals surface area (Å²) in [5.41, 5.74) is -0.546. The van der Waals surface area contributed by atoms with Gasteiger partial charge in [0.2, 0.25) is 10.0 Å². The van der Waals surface area contributed by atoms with Gasteiger partial charge < -0.3 is 14.6 Å². The second kappa shape index (κ2) is 6.87. The van der Waals surface area contributed by atoms with Gasteiger partial charge in [-0.15, -0.1) is 0 Å². The van der Waals surface area contributed by atoms with Crippen molar-refractivity contribution in [3.05, 3.63) is 36.7 Å². The highest BCUT2D eigenvalue weighted by Crippen LogP contribution is 2.45. The summed E-state index contributed by atoms with van der Waals surface area (Å²) < 4.78 is 40.3. The number of hydrogen-bond donors (Lipinski definition) is 1. The van der Waals surface area contributed by atoms with Gasteiger partial charge in [-0.05, 0) is 30.7 Å². The van der Waals surface area contributed by atoms with E-state index in [2.05, 4.69) is 5.10 Å². The third kappa shape index (κ3) is 2.88. The summed E-state index contributed by atoms with van der Waals surface area (Å²) in [6, 6.07) is 6.51. The van der Waals surface area contributed by atoms with E-state index >= 15 is 0 Å². The summed E-state index contributed by atoms with van der Waals surface area (Å²) in [6.45, 7) is 0.579. The summed E-state index contributed by atoms with van der Waals surface area (Å²) in [5.74, 6) is -1.16. The summed E-state index contributed by atoms with van der Waals surface area (Å²) in [6.07, 6.45) is 3.60. The molecular formula is C18H21N3O6S. The summed E-state index contributed by atoms with van der Waals surface area (Å²) in [4.78, 5) is 12.0. The minimum Gasteiger partial charge on any atom is -0.495 e. The number of rotatable bonds is 5. The number of nitrogens with zero attached hydrogens (tertiary/aromatic N) is 3. The first-order valence-electron chi connectivity index (χ1n) is 8.88. The lowest BCUT2D eigenvalue weighted by Crippen LogP contribution is -2.45. The van der Waals surface area contributed by atoms with Crippen LogP contribution in [0.25, 0.3) is 5.69 Å². The molecule has 0 unspecified atom stereocenters. The Labute approximate surface area is 162 Å². The van der Waals surface area contributed by atoms with Crippen LogP contribution in [0.2, 0.25) is 0 Å². The van der Waals surface area contributed by atoms with Crippen molar-refractivity contribution in [2.24, 2.45) is 11.3 Å². The number of methoxy groups -OCH3 is 1. The molecule has 2 aromatic rings. The lowest BCUT2D eigenvalue weighted by atomic mass is 9.74. The fourth-order valence-corrected chi connectivity index (χ4v) is 5.74. The second-order valence-corrected chi connectivity index (χ2v) is 8.97. The molecule has 1 aromatic carbocycles. The molecule has 4 rings (SSSR count). The first kappa shape index (κ1) is 18.9. The first-order chi connectivity index (χ1) is 13.4. The average Bonchev–Trinajstić information content (AvgIpc) is 3.36. The van der Waals surface area contributed by atoms with E-state index in [1.165, 1.54) is 17.5 Å². The SMILES string of the molecule is COc1ccc(-n2cccn2)cc1S(=O)(=O)N1C[C@@H]2COCC[C@]2(C(=O)O)C1. The van der Waals surface area contributed by atoms with E-state index in [1.54, 1.807) is 35.3 Å². The van der Waals surface area contributed by atoms with Gasteiger partial charge in [-0.1, -0.05) is 0 Å². The van der Waals surface area contributed by atoms with E-state index in [0.29, 0.717) is 18.7 Å². The zero-order valence-corrected chi connectivity index (χ0v) is 16.1. The number of sulfonamides is 1. The number of benzene rings is 1. The Morgan fingerprint density at radius 1 is 1.43 bits per heavy atom. The van der Waals surface area contributed by atoms with Crippen molar-refractivity contribution in [3.63, 3.8) is 0 Å². The molecule has 0 spiro atoms. The monoisotopic (exact) mass is 407 g/mol. The third-order valence-electron chi connectivity index (χ3n) is 5.64. The van der Waals surface area contributed by atoms with Gasteiger partial charge in [0.05, 0.1) is 24.8 Å². The van der Waals surface area contributed by atoms with Gasteiger partial charge in [0.1, 0.15) is 10.6 Å². The van der Waals surface area contributed by atoms with Gasteiger partial charge >= 0.3 is 5.97 Å². The molecule has 2 saturated heterocycles. The van der Waals surface area contributed by atoms with Crippen molar-refractivity contribution in [1.82, 2.24) is 14.1 Å². The molecular weight excluding hydrogens is 386 g/mol. The average molecular weight is 407 g/mol. The van der Waals surface area contributed by atoms with Crippen molar-refractivity contribution < 1.29 is 27.8 Å². The third-order valence-corrected chi connectivity index (χ3v) is 7.47.